The monoisotopic (exact) mass is 718 g/mol. The molecule has 7 aromatic rings. The Morgan fingerprint density at radius 2 is 1.07 bits per heavy atom. The van der Waals surface area contributed by atoms with Gasteiger partial charge in [-0.3, -0.25) is 4.99 Å². The predicted molar refractivity (Wildman–Crippen MR) is 228 cm³/mol. The number of rotatable bonds is 5. The number of aliphatic imine (C=N–C) groups is 2. The Labute approximate surface area is 327 Å². The van der Waals surface area contributed by atoms with Gasteiger partial charge in [-0.15, -0.1) is 0 Å². The van der Waals surface area contributed by atoms with Gasteiger partial charge < -0.3 is 4.74 Å². The molecule has 0 aromatic heterocycles. The lowest BCUT2D eigenvalue weighted by Crippen LogP contribution is -2.37. The average Bonchev–Trinajstić information content (AvgIpc) is 3.57. The van der Waals surface area contributed by atoms with E-state index in [0.717, 1.165) is 51.7 Å². The van der Waals surface area contributed by atoms with Gasteiger partial charge in [0, 0.05) is 34.9 Å². The summed E-state index contributed by atoms with van der Waals surface area (Å²) in [5.74, 6) is 3.14. The maximum absolute atomic E-state index is 6.70. The van der Waals surface area contributed by atoms with Gasteiger partial charge in [0.25, 0.3) is 0 Å². The van der Waals surface area contributed by atoms with Crippen LogP contribution in [0.5, 0.6) is 11.5 Å². The lowest BCUT2D eigenvalue weighted by Gasteiger charge is -2.43. The smallest absolute Gasteiger partial charge is 0.155 e. The number of hydrogen-bond acceptors (Lipinski definition) is 3. The third-order valence-corrected chi connectivity index (χ3v) is 12.2. The molecule has 0 saturated carbocycles. The molecular weight excluding hydrogens is 681 g/mol. The minimum atomic E-state index is -0.379. The quantitative estimate of drug-likeness (QED) is 0.174. The molecule has 0 bridgehead atoms. The summed E-state index contributed by atoms with van der Waals surface area (Å²) in [6.07, 6.45) is 9.96. The molecule has 11 rings (SSSR count). The molecule has 0 fully saturated rings. The molecule has 4 atom stereocenters. The van der Waals surface area contributed by atoms with Crippen LogP contribution < -0.4 is 4.74 Å². The second-order valence-corrected chi connectivity index (χ2v) is 15.2. The molecule has 0 amide bonds. The fourth-order valence-corrected chi connectivity index (χ4v) is 9.61. The van der Waals surface area contributed by atoms with E-state index in [9.17, 15) is 0 Å². The van der Waals surface area contributed by atoms with Gasteiger partial charge in [0.05, 0.1) is 17.2 Å². The Morgan fingerprint density at radius 3 is 1.88 bits per heavy atom. The second kappa shape index (κ2) is 13.2. The van der Waals surface area contributed by atoms with Crippen molar-refractivity contribution in [3.63, 3.8) is 0 Å². The van der Waals surface area contributed by atoms with E-state index in [1.807, 2.05) is 0 Å². The zero-order valence-electron chi connectivity index (χ0n) is 30.8. The highest BCUT2D eigenvalue weighted by Gasteiger charge is 2.56. The van der Waals surface area contributed by atoms with Gasteiger partial charge in [-0.25, -0.2) is 4.99 Å². The third-order valence-electron chi connectivity index (χ3n) is 12.2. The lowest BCUT2D eigenvalue weighted by atomic mass is 9.61. The number of allylic oxidation sites excluding steroid dienone is 4. The topological polar surface area (TPSA) is 34.0 Å². The molecule has 0 radical (unpaired) electrons. The van der Waals surface area contributed by atoms with Crippen molar-refractivity contribution in [1.29, 1.82) is 0 Å². The fraction of sp³-hybridized carbons (Fsp3) is 0.0943. The van der Waals surface area contributed by atoms with Gasteiger partial charge >= 0.3 is 0 Å². The lowest BCUT2D eigenvalue weighted by molar-refractivity contribution is 0.374. The molecule has 2 aliphatic heterocycles. The Bertz CT molecular complexity index is 2740. The Morgan fingerprint density at radius 1 is 0.482 bits per heavy atom. The van der Waals surface area contributed by atoms with Crippen LogP contribution in [0.1, 0.15) is 57.3 Å². The Hall–Kier alpha value is -6.84. The van der Waals surface area contributed by atoms with Crippen molar-refractivity contribution in [3.05, 3.63) is 239 Å². The van der Waals surface area contributed by atoms with Crippen molar-refractivity contribution < 1.29 is 4.74 Å². The molecule has 3 heteroatoms. The maximum atomic E-state index is 6.70. The van der Waals surface area contributed by atoms with Crippen molar-refractivity contribution in [2.45, 2.75) is 23.8 Å². The second-order valence-electron chi connectivity index (χ2n) is 15.2. The summed E-state index contributed by atoms with van der Waals surface area (Å²) < 4.78 is 6.70. The highest BCUT2D eigenvalue weighted by Crippen LogP contribution is 2.64. The number of para-hydroxylation sites is 1. The van der Waals surface area contributed by atoms with Crippen LogP contribution in [0.3, 0.4) is 0 Å². The van der Waals surface area contributed by atoms with E-state index < -0.39 is 0 Å². The van der Waals surface area contributed by atoms with Crippen LogP contribution in [0, 0.1) is 5.92 Å². The van der Waals surface area contributed by atoms with Crippen LogP contribution in [-0.2, 0) is 5.41 Å². The first-order valence-electron chi connectivity index (χ1n) is 19.6. The van der Waals surface area contributed by atoms with Crippen LogP contribution in [0.25, 0.3) is 22.3 Å². The summed E-state index contributed by atoms with van der Waals surface area (Å²) in [5.41, 5.74) is 13.9. The van der Waals surface area contributed by atoms with E-state index in [0.29, 0.717) is 5.92 Å². The maximum Gasteiger partial charge on any atom is 0.155 e. The molecule has 4 unspecified atom stereocenters. The first-order chi connectivity index (χ1) is 27.7. The standard InChI is InChI=1S/C53H38N2O/c1-3-13-35(14-4-1)36-23-27-39(28-24-36)49-34-48(38-15-5-2-6-16-38)54-52(55-49)40-29-25-37(26-30-40)41-31-32-51-47(33-41)53(46-21-11-12-22-50(46)56-51)44-19-9-7-17-42(44)43-18-8-10-20-45(43)53/h1-33,42,44,49H,34H2. The van der Waals surface area contributed by atoms with Crippen molar-refractivity contribution in [2.75, 3.05) is 0 Å². The summed E-state index contributed by atoms with van der Waals surface area (Å²) in [6, 6.07) is 63.0. The first-order valence-corrected chi connectivity index (χ1v) is 19.6. The van der Waals surface area contributed by atoms with E-state index in [4.69, 9.17) is 14.7 Å². The summed E-state index contributed by atoms with van der Waals surface area (Å²) in [7, 11) is 0. The molecule has 56 heavy (non-hydrogen) atoms. The molecule has 0 saturated heterocycles. The zero-order valence-corrected chi connectivity index (χ0v) is 30.8. The highest BCUT2D eigenvalue weighted by molar-refractivity contribution is 6.14. The number of hydrogen-bond donors (Lipinski definition) is 0. The van der Waals surface area contributed by atoms with Crippen LogP contribution in [0.4, 0.5) is 0 Å². The molecule has 7 aromatic carbocycles. The van der Waals surface area contributed by atoms with Crippen molar-refractivity contribution >= 4 is 11.5 Å². The van der Waals surface area contributed by atoms with E-state index in [1.54, 1.807) is 0 Å². The normalized spacial score (nSPS) is 21.2. The molecule has 4 aliphatic rings. The minimum absolute atomic E-state index is 0.0382. The van der Waals surface area contributed by atoms with Gasteiger partial charge in [-0.1, -0.05) is 182 Å². The molecular formula is C53H38N2O. The molecule has 3 nitrogen and oxygen atoms in total. The number of fused-ring (bicyclic) bond motifs is 9. The minimum Gasteiger partial charge on any atom is -0.457 e. The van der Waals surface area contributed by atoms with Crippen molar-refractivity contribution in [2.24, 2.45) is 15.9 Å². The van der Waals surface area contributed by atoms with Gasteiger partial charge in [-0.05, 0) is 62.7 Å². The number of nitrogens with zero attached hydrogens (tertiary/aromatic N) is 2. The van der Waals surface area contributed by atoms with E-state index in [-0.39, 0.29) is 17.4 Å². The van der Waals surface area contributed by atoms with Gasteiger partial charge in [0.1, 0.15) is 11.5 Å². The molecule has 0 N–H and O–H groups in total. The first kappa shape index (κ1) is 32.6. The number of benzene rings is 7. The summed E-state index contributed by atoms with van der Waals surface area (Å²) in [4.78, 5) is 10.5. The fourth-order valence-electron chi connectivity index (χ4n) is 9.61. The Balaban J connectivity index is 0.979. The molecule has 2 aliphatic carbocycles. The SMILES string of the molecule is C1=CC2c3ccccc3C3(c4ccccc4Oc4ccc(-c5ccc(C6=NC(c7ccc(-c8ccccc8)cc7)CC(c7ccccc7)=N6)cc5)cc43)C2C=C1. The largest absolute Gasteiger partial charge is 0.457 e. The summed E-state index contributed by atoms with van der Waals surface area (Å²) in [5, 5.41) is 0. The highest BCUT2D eigenvalue weighted by atomic mass is 16.5. The van der Waals surface area contributed by atoms with E-state index >= 15 is 0 Å². The van der Waals surface area contributed by atoms with Gasteiger partial charge in [-0.2, -0.15) is 0 Å². The van der Waals surface area contributed by atoms with E-state index in [1.165, 1.54) is 38.9 Å². The Kier molecular flexibility index (Phi) is 7.67. The van der Waals surface area contributed by atoms with Crippen molar-refractivity contribution in [1.82, 2.24) is 0 Å². The van der Waals surface area contributed by atoms with Crippen molar-refractivity contribution in [3.8, 4) is 33.8 Å². The molecule has 1 spiro atoms. The summed E-state index contributed by atoms with van der Waals surface area (Å²) in [6.45, 7) is 0. The number of amidine groups is 1. The van der Waals surface area contributed by atoms with Gasteiger partial charge in [0.2, 0.25) is 0 Å². The molecule has 2 heterocycles. The zero-order chi connectivity index (χ0) is 37.1. The summed E-state index contributed by atoms with van der Waals surface area (Å²) >= 11 is 0. The predicted octanol–water partition coefficient (Wildman–Crippen LogP) is 12.7. The molecule has 266 valence electrons. The van der Waals surface area contributed by atoms with Crippen LogP contribution in [-0.4, -0.2) is 11.5 Å². The third kappa shape index (κ3) is 5.19. The van der Waals surface area contributed by atoms with Crippen LogP contribution >= 0.6 is 0 Å². The number of ether oxygens (including phenoxy) is 1. The van der Waals surface area contributed by atoms with Gasteiger partial charge in [0.15, 0.2) is 5.84 Å². The van der Waals surface area contributed by atoms with Crippen LogP contribution in [0.2, 0.25) is 0 Å². The van der Waals surface area contributed by atoms with Crippen LogP contribution in [0.15, 0.2) is 210 Å². The average molecular weight is 719 g/mol. The van der Waals surface area contributed by atoms with E-state index in [2.05, 4.69) is 200 Å².